The average Bonchev–Trinajstić information content (AvgIpc) is 2.25. The van der Waals surface area contributed by atoms with E-state index in [2.05, 4.69) is 4.72 Å². The van der Waals surface area contributed by atoms with E-state index in [4.69, 9.17) is 5.73 Å². The first-order valence-corrected chi connectivity index (χ1v) is 7.54. The Bertz CT molecular complexity index is 516. The van der Waals surface area contributed by atoms with Gasteiger partial charge in [0, 0.05) is 12.1 Å². The molecule has 5 heteroatoms. The van der Waals surface area contributed by atoms with E-state index in [0.717, 1.165) is 11.1 Å². The van der Waals surface area contributed by atoms with Gasteiger partial charge in [0.05, 0.1) is 4.90 Å². The van der Waals surface area contributed by atoms with Crippen LogP contribution in [0.1, 0.15) is 38.8 Å². The average molecular weight is 270 g/mol. The zero-order valence-electron chi connectivity index (χ0n) is 11.4. The van der Waals surface area contributed by atoms with E-state index in [1.165, 1.54) is 0 Å². The normalized spacial score (nSPS) is 12.7. The van der Waals surface area contributed by atoms with Gasteiger partial charge in [0.15, 0.2) is 0 Å². The third-order valence-electron chi connectivity index (χ3n) is 2.48. The fraction of sp³-hybridized carbons (Fsp3) is 0.538. The Hall–Kier alpha value is -0.910. The van der Waals surface area contributed by atoms with Gasteiger partial charge in [0.1, 0.15) is 0 Å². The Labute approximate surface area is 110 Å². The third-order valence-corrected chi connectivity index (χ3v) is 4.32. The summed E-state index contributed by atoms with van der Waals surface area (Å²) in [5.41, 5.74) is 6.70. The lowest BCUT2D eigenvalue weighted by molar-refractivity contribution is 0.491. The molecule has 102 valence electrons. The van der Waals surface area contributed by atoms with E-state index in [0.29, 0.717) is 17.9 Å². The molecule has 4 nitrogen and oxygen atoms in total. The summed E-state index contributed by atoms with van der Waals surface area (Å²) in [6.07, 6.45) is 0.672. The Morgan fingerprint density at radius 1 is 1.28 bits per heavy atom. The second kappa shape index (κ2) is 5.38. The van der Waals surface area contributed by atoms with Crippen molar-refractivity contribution in [3.8, 4) is 0 Å². The Kier molecular flexibility index (Phi) is 4.53. The second-order valence-electron chi connectivity index (χ2n) is 5.36. The molecule has 0 atom stereocenters. The van der Waals surface area contributed by atoms with Gasteiger partial charge in [-0.15, -0.1) is 0 Å². The minimum atomic E-state index is -3.50. The van der Waals surface area contributed by atoms with Gasteiger partial charge >= 0.3 is 0 Å². The van der Waals surface area contributed by atoms with Crippen LogP contribution in [0.4, 0.5) is 0 Å². The quantitative estimate of drug-likeness (QED) is 0.876. The minimum Gasteiger partial charge on any atom is -0.326 e. The van der Waals surface area contributed by atoms with Crippen LogP contribution in [0.5, 0.6) is 0 Å². The summed E-state index contributed by atoms with van der Waals surface area (Å²) in [7, 11) is -3.50. The lowest BCUT2D eigenvalue weighted by Crippen LogP contribution is -2.40. The smallest absolute Gasteiger partial charge is 0.241 e. The maximum Gasteiger partial charge on any atom is 0.241 e. The van der Waals surface area contributed by atoms with Crippen LogP contribution in [0, 0.1) is 0 Å². The second-order valence-corrected chi connectivity index (χ2v) is 7.01. The number of nitrogens with two attached hydrogens (primary N) is 1. The van der Waals surface area contributed by atoms with Gasteiger partial charge in [-0.2, -0.15) is 0 Å². The summed E-state index contributed by atoms with van der Waals surface area (Å²) >= 11 is 0. The molecule has 3 N–H and O–H groups in total. The lowest BCUT2D eigenvalue weighted by Gasteiger charge is -2.21. The Morgan fingerprint density at radius 2 is 1.89 bits per heavy atom. The Balaban J connectivity index is 3.29. The number of sulfonamides is 1. The predicted molar refractivity (Wildman–Crippen MR) is 73.8 cm³/mol. The standard InChI is InChI=1S/C13H22N2O2S/c1-5-11-7-6-10(9-14)8-12(11)18(16,17)15-13(2,3)4/h6-8,15H,5,9,14H2,1-4H3. The maximum atomic E-state index is 12.3. The monoisotopic (exact) mass is 270 g/mol. The Morgan fingerprint density at radius 3 is 2.33 bits per heavy atom. The molecule has 0 radical (unpaired) electrons. The van der Waals surface area contributed by atoms with Crippen LogP contribution in [-0.2, 0) is 23.0 Å². The molecule has 0 bridgehead atoms. The van der Waals surface area contributed by atoms with Crippen LogP contribution in [0.15, 0.2) is 23.1 Å². The highest BCUT2D eigenvalue weighted by Crippen LogP contribution is 2.20. The zero-order chi connectivity index (χ0) is 14.0. The molecule has 0 aromatic heterocycles. The van der Waals surface area contributed by atoms with E-state index in [1.807, 2.05) is 39.8 Å². The number of hydrogen-bond acceptors (Lipinski definition) is 3. The molecule has 1 rings (SSSR count). The fourth-order valence-electron chi connectivity index (χ4n) is 1.73. The van der Waals surface area contributed by atoms with Gasteiger partial charge in [0.25, 0.3) is 0 Å². The van der Waals surface area contributed by atoms with Crippen LogP contribution in [-0.4, -0.2) is 14.0 Å². The van der Waals surface area contributed by atoms with Crippen molar-refractivity contribution in [2.75, 3.05) is 0 Å². The molecule has 1 aromatic rings. The van der Waals surface area contributed by atoms with Crippen LogP contribution >= 0.6 is 0 Å². The minimum absolute atomic E-state index is 0.335. The highest BCUT2D eigenvalue weighted by Gasteiger charge is 2.24. The molecule has 0 heterocycles. The summed E-state index contributed by atoms with van der Waals surface area (Å²) in [6.45, 7) is 7.74. The van der Waals surface area contributed by atoms with E-state index in [9.17, 15) is 8.42 Å². The molecule has 0 saturated carbocycles. The summed E-state index contributed by atoms with van der Waals surface area (Å²) in [4.78, 5) is 0.336. The number of nitrogens with one attached hydrogen (secondary N) is 1. The van der Waals surface area contributed by atoms with E-state index in [1.54, 1.807) is 6.07 Å². The predicted octanol–water partition coefficient (Wildman–Crippen LogP) is 1.78. The summed E-state index contributed by atoms with van der Waals surface area (Å²) in [6, 6.07) is 5.36. The molecule has 0 spiro atoms. The van der Waals surface area contributed by atoms with Crippen LogP contribution in [0.25, 0.3) is 0 Å². The molecule has 0 amide bonds. The first-order valence-electron chi connectivity index (χ1n) is 6.05. The van der Waals surface area contributed by atoms with Gasteiger partial charge < -0.3 is 5.73 Å². The van der Waals surface area contributed by atoms with Gasteiger partial charge in [-0.3, -0.25) is 0 Å². The summed E-state index contributed by atoms with van der Waals surface area (Å²) in [5.74, 6) is 0. The maximum absolute atomic E-state index is 12.3. The molecule has 0 fully saturated rings. The molecule has 1 aromatic carbocycles. The van der Waals surface area contributed by atoms with Crippen molar-refractivity contribution >= 4 is 10.0 Å². The zero-order valence-corrected chi connectivity index (χ0v) is 12.3. The highest BCUT2D eigenvalue weighted by molar-refractivity contribution is 7.89. The largest absolute Gasteiger partial charge is 0.326 e. The summed E-state index contributed by atoms with van der Waals surface area (Å²) < 4.78 is 27.4. The highest BCUT2D eigenvalue weighted by atomic mass is 32.2. The SMILES string of the molecule is CCc1ccc(CN)cc1S(=O)(=O)NC(C)(C)C. The first kappa shape index (κ1) is 15.1. The summed E-state index contributed by atoms with van der Waals surface area (Å²) in [5, 5.41) is 0. The molecular formula is C13H22N2O2S. The molecule has 0 aliphatic heterocycles. The van der Waals surface area contributed by atoms with E-state index >= 15 is 0 Å². The van der Waals surface area contributed by atoms with Crippen molar-refractivity contribution in [3.63, 3.8) is 0 Å². The number of rotatable bonds is 4. The molecule has 0 saturated heterocycles. The number of hydrogen-bond donors (Lipinski definition) is 2. The molecule has 0 unspecified atom stereocenters. The molecule has 0 aliphatic rings. The molecule has 0 aliphatic carbocycles. The first-order chi connectivity index (χ1) is 8.19. The van der Waals surface area contributed by atoms with E-state index < -0.39 is 15.6 Å². The van der Waals surface area contributed by atoms with E-state index in [-0.39, 0.29) is 0 Å². The van der Waals surface area contributed by atoms with Gasteiger partial charge in [-0.05, 0) is 44.4 Å². The van der Waals surface area contributed by atoms with Crippen LogP contribution in [0.3, 0.4) is 0 Å². The van der Waals surface area contributed by atoms with Crippen molar-refractivity contribution in [2.24, 2.45) is 5.73 Å². The van der Waals surface area contributed by atoms with Crippen LogP contribution in [0.2, 0.25) is 0 Å². The lowest BCUT2D eigenvalue weighted by atomic mass is 10.1. The topological polar surface area (TPSA) is 72.2 Å². The third kappa shape index (κ3) is 3.80. The van der Waals surface area contributed by atoms with Crippen molar-refractivity contribution in [1.82, 2.24) is 4.72 Å². The van der Waals surface area contributed by atoms with Gasteiger partial charge in [-0.25, -0.2) is 13.1 Å². The van der Waals surface area contributed by atoms with Gasteiger partial charge in [-0.1, -0.05) is 19.1 Å². The van der Waals surface area contributed by atoms with Crippen molar-refractivity contribution in [1.29, 1.82) is 0 Å². The van der Waals surface area contributed by atoms with Gasteiger partial charge in [0.2, 0.25) is 10.0 Å². The van der Waals surface area contributed by atoms with Crippen LogP contribution < -0.4 is 10.5 Å². The molecular weight excluding hydrogens is 248 g/mol. The van der Waals surface area contributed by atoms with Crippen molar-refractivity contribution < 1.29 is 8.42 Å². The van der Waals surface area contributed by atoms with Crippen molar-refractivity contribution in [2.45, 2.75) is 51.1 Å². The fourth-order valence-corrected chi connectivity index (χ4v) is 3.51. The number of benzene rings is 1. The number of aryl methyl sites for hydroxylation is 1. The molecule has 18 heavy (non-hydrogen) atoms. The van der Waals surface area contributed by atoms with Crippen molar-refractivity contribution in [3.05, 3.63) is 29.3 Å².